The van der Waals surface area contributed by atoms with Crippen LogP contribution in [-0.2, 0) is 19.0 Å². The summed E-state index contributed by atoms with van der Waals surface area (Å²) in [5.41, 5.74) is 0. The third-order valence-corrected chi connectivity index (χ3v) is 1.68. The average Bonchev–Trinajstić information content (AvgIpc) is 2.19. The van der Waals surface area contributed by atoms with Crippen molar-refractivity contribution in [3.63, 3.8) is 0 Å². The van der Waals surface area contributed by atoms with E-state index in [1.165, 1.54) is 13.2 Å². The zero-order valence-corrected chi connectivity index (χ0v) is 7.69. The zero-order chi connectivity index (χ0) is 9.52. The van der Waals surface area contributed by atoms with Gasteiger partial charge in [-0.05, 0) is 6.42 Å². The van der Waals surface area contributed by atoms with Crippen LogP contribution in [0.2, 0.25) is 0 Å². The minimum atomic E-state index is -0.351. The van der Waals surface area contributed by atoms with E-state index in [9.17, 15) is 4.79 Å². The van der Waals surface area contributed by atoms with Crippen LogP contribution in [0.15, 0.2) is 12.2 Å². The SMILES string of the molecule is COC(=O)/C=C/CC1OCCCO1. The number of hydrogen-bond donors (Lipinski definition) is 0. The second-order valence-corrected chi connectivity index (χ2v) is 2.69. The Kier molecular flexibility index (Phi) is 4.49. The predicted octanol–water partition coefficient (Wildman–Crippen LogP) is 0.869. The summed E-state index contributed by atoms with van der Waals surface area (Å²) < 4.78 is 15.0. The molecule has 1 saturated heterocycles. The summed E-state index contributed by atoms with van der Waals surface area (Å²) in [5, 5.41) is 0. The molecule has 1 rings (SSSR count). The van der Waals surface area contributed by atoms with Gasteiger partial charge in [-0.2, -0.15) is 0 Å². The van der Waals surface area contributed by atoms with Crippen molar-refractivity contribution in [2.24, 2.45) is 0 Å². The van der Waals surface area contributed by atoms with E-state index in [1.807, 2.05) is 0 Å². The molecule has 0 atom stereocenters. The molecule has 0 spiro atoms. The summed E-state index contributed by atoms with van der Waals surface area (Å²) in [4.78, 5) is 10.7. The lowest BCUT2D eigenvalue weighted by Crippen LogP contribution is -2.24. The van der Waals surface area contributed by atoms with E-state index < -0.39 is 0 Å². The first-order valence-electron chi connectivity index (χ1n) is 4.30. The Labute approximate surface area is 77.5 Å². The Morgan fingerprint density at radius 3 is 2.85 bits per heavy atom. The summed E-state index contributed by atoms with van der Waals surface area (Å²) in [6.07, 6.45) is 4.41. The number of ether oxygens (including phenoxy) is 3. The molecule has 0 radical (unpaired) electrons. The fraction of sp³-hybridized carbons (Fsp3) is 0.667. The first-order chi connectivity index (χ1) is 6.33. The number of methoxy groups -OCH3 is 1. The van der Waals surface area contributed by atoms with Crippen LogP contribution >= 0.6 is 0 Å². The molecule has 0 N–H and O–H groups in total. The van der Waals surface area contributed by atoms with Gasteiger partial charge in [0.1, 0.15) is 0 Å². The molecule has 0 amide bonds. The fourth-order valence-electron chi connectivity index (χ4n) is 1.02. The number of rotatable bonds is 3. The first-order valence-corrected chi connectivity index (χ1v) is 4.30. The van der Waals surface area contributed by atoms with E-state index in [0.29, 0.717) is 6.42 Å². The Morgan fingerprint density at radius 2 is 2.23 bits per heavy atom. The molecule has 1 heterocycles. The van der Waals surface area contributed by atoms with E-state index in [2.05, 4.69) is 4.74 Å². The molecule has 74 valence electrons. The molecule has 0 aromatic carbocycles. The van der Waals surface area contributed by atoms with Crippen LogP contribution in [0.3, 0.4) is 0 Å². The predicted molar refractivity (Wildman–Crippen MR) is 46.1 cm³/mol. The van der Waals surface area contributed by atoms with Crippen LogP contribution in [0.25, 0.3) is 0 Å². The van der Waals surface area contributed by atoms with Crippen LogP contribution in [0.5, 0.6) is 0 Å². The number of carbonyl (C=O) groups excluding carboxylic acids is 1. The van der Waals surface area contributed by atoms with Crippen molar-refractivity contribution in [3.05, 3.63) is 12.2 Å². The fourth-order valence-corrected chi connectivity index (χ4v) is 1.02. The smallest absolute Gasteiger partial charge is 0.330 e. The summed E-state index contributed by atoms with van der Waals surface area (Å²) in [5.74, 6) is -0.351. The molecule has 0 aromatic rings. The molecule has 0 aromatic heterocycles. The van der Waals surface area contributed by atoms with Crippen LogP contribution in [0.4, 0.5) is 0 Å². The molecule has 4 nitrogen and oxygen atoms in total. The van der Waals surface area contributed by atoms with E-state index in [4.69, 9.17) is 9.47 Å². The maximum Gasteiger partial charge on any atom is 0.330 e. The third kappa shape index (κ3) is 4.05. The molecule has 13 heavy (non-hydrogen) atoms. The van der Waals surface area contributed by atoms with Crippen molar-refractivity contribution < 1.29 is 19.0 Å². The molecule has 0 aliphatic carbocycles. The molecule has 1 fully saturated rings. The lowest BCUT2D eigenvalue weighted by Gasteiger charge is -2.21. The maximum absolute atomic E-state index is 10.7. The Hall–Kier alpha value is -0.870. The standard InChI is InChI=1S/C9H14O4/c1-11-8(10)4-2-5-9-12-6-3-7-13-9/h2,4,9H,3,5-7H2,1H3/b4-2+. The van der Waals surface area contributed by atoms with E-state index in [1.54, 1.807) is 6.08 Å². The van der Waals surface area contributed by atoms with Gasteiger partial charge >= 0.3 is 5.97 Å². The van der Waals surface area contributed by atoms with Crippen molar-refractivity contribution in [1.29, 1.82) is 0 Å². The summed E-state index contributed by atoms with van der Waals surface area (Å²) in [6, 6.07) is 0. The van der Waals surface area contributed by atoms with Crippen LogP contribution in [0, 0.1) is 0 Å². The molecular weight excluding hydrogens is 172 g/mol. The molecule has 4 heteroatoms. The Bertz CT molecular complexity index is 182. The minimum Gasteiger partial charge on any atom is -0.466 e. The number of esters is 1. The van der Waals surface area contributed by atoms with E-state index >= 15 is 0 Å². The monoisotopic (exact) mass is 186 g/mol. The van der Waals surface area contributed by atoms with Gasteiger partial charge in [0, 0.05) is 12.5 Å². The normalized spacial score (nSPS) is 19.2. The third-order valence-electron chi connectivity index (χ3n) is 1.68. The van der Waals surface area contributed by atoms with Gasteiger partial charge in [0.05, 0.1) is 20.3 Å². The van der Waals surface area contributed by atoms with Crippen molar-refractivity contribution in [2.75, 3.05) is 20.3 Å². The highest BCUT2D eigenvalue weighted by Gasteiger charge is 2.11. The minimum absolute atomic E-state index is 0.199. The topological polar surface area (TPSA) is 44.8 Å². The molecule has 1 aliphatic heterocycles. The van der Waals surface area contributed by atoms with Crippen molar-refractivity contribution in [1.82, 2.24) is 0 Å². The van der Waals surface area contributed by atoms with Gasteiger partial charge in [-0.3, -0.25) is 0 Å². The number of hydrogen-bond acceptors (Lipinski definition) is 4. The van der Waals surface area contributed by atoms with Gasteiger partial charge in [-0.15, -0.1) is 0 Å². The quantitative estimate of drug-likeness (QED) is 0.484. The van der Waals surface area contributed by atoms with Crippen molar-refractivity contribution >= 4 is 5.97 Å². The molecular formula is C9H14O4. The highest BCUT2D eigenvalue weighted by molar-refractivity contribution is 5.81. The first kappa shape index (κ1) is 10.2. The van der Waals surface area contributed by atoms with Gasteiger partial charge < -0.3 is 14.2 Å². The van der Waals surface area contributed by atoms with Crippen molar-refractivity contribution in [3.8, 4) is 0 Å². The summed E-state index contributed by atoms with van der Waals surface area (Å²) >= 11 is 0. The van der Waals surface area contributed by atoms with Crippen molar-refractivity contribution in [2.45, 2.75) is 19.1 Å². The van der Waals surface area contributed by atoms with Crippen LogP contribution in [0.1, 0.15) is 12.8 Å². The highest BCUT2D eigenvalue weighted by atomic mass is 16.7. The van der Waals surface area contributed by atoms with Gasteiger partial charge in [-0.1, -0.05) is 6.08 Å². The Morgan fingerprint density at radius 1 is 1.54 bits per heavy atom. The Balaban J connectivity index is 2.16. The van der Waals surface area contributed by atoms with E-state index in [0.717, 1.165) is 19.6 Å². The zero-order valence-electron chi connectivity index (χ0n) is 7.69. The van der Waals surface area contributed by atoms with Gasteiger partial charge in [0.25, 0.3) is 0 Å². The summed E-state index contributed by atoms with van der Waals surface area (Å²) in [6.45, 7) is 1.47. The lowest BCUT2D eigenvalue weighted by atomic mass is 10.3. The largest absolute Gasteiger partial charge is 0.466 e. The highest BCUT2D eigenvalue weighted by Crippen LogP contribution is 2.08. The molecule has 0 unspecified atom stereocenters. The maximum atomic E-state index is 10.7. The van der Waals surface area contributed by atoms with Crippen LogP contribution < -0.4 is 0 Å². The van der Waals surface area contributed by atoms with Gasteiger partial charge in [-0.25, -0.2) is 4.79 Å². The lowest BCUT2D eigenvalue weighted by molar-refractivity contribution is -0.175. The number of carbonyl (C=O) groups is 1. The second-order valence-electron chi connectivity index (χ2n) is 2.69. The van der Waals surface area contributed by atoms with Gasteiger partial charge in [0.2, 0.25) is 0 Å². The van der Waals surface area contributed by atoms with Crippen LogP contribution in [-0.4, -0.2) is 32.6 Å². The van der Waals surface area contributed by atoms with Gasteiger partial charge in [0.15, 0.2) is 6.29 Å². The summed E-state index contributed by atoms with van der Waals surface area (Å²) in [7, 11) is 1.35. The molecule has 0 bridgehead atoms. The molecule has 0 saturated carbocycles. The van der Waals surface area contributed by atoms with E-state index in [-0.39, 0.29) is 12.3 Å². The molecule has 1 aliphatic rings. The second kappa shape index (κ2) is 5.72. The average molecular weight is 186 g/mol.